The van der Waals surface area contributed by atoms with E-state index in [-0.39, 0.29) is 17.9 Å². The van der Waals surface area contributed by atoms with E-state index < -0.39 is 5.54 Å². The van der Waals surface area contributed by atoms with Gasteiger partial charge in [-0.3, -0.25) is 4.79 Å². The first-order chi connectivity index (χ1) is 8.78. The van der Waals surface area contributed by atoms with Crippen molar-refractivity contribution in [2.45, 2.75) is 58.5 Å². The molecule has 1 aromatic rings. The van der Waals surface area contributed by atoms with Crippen molar-refractivity contribution in [2.24, 2.45) is 11.1 Å². The summed E-state index contributed by atoms with van der Waals surface area (Å²) < 4.78 is 5.11. The fourth-order valence-electron chi connectivity index (χ4n) is 2.03. The highest BCUT2D eigenvalue weighted by molar-refractivity contribution is 5.76. The van der Waals surface area contributed by atoms with Crippen LogP contribution in [0.2, 0.25) is 0 Å². The summed E-state index contributed by atoms with van der Waals surface area (Å²) in [5, 5.41) is 6.68. The van der Waals surface area contributed by atoms with E-state index in [1.165, 1.54) is 0 Å². The average molecular weight is 266 g/mol. The van der Waals surface area contributed by atoms with E-state index in [0.29, 0.717) is 18.1 Å². The summed E-state index contributed by atoms with van der Waals surface area (Å²) in [7, 11) is 0. The lowest BCUT2D eigenvalue weighted by Gasteiger charge is -2.34. The fraction of sp³-hybridized carbons (Fsp3) is 0.769. The average Bonchev–Trinajstić information content (AvgIpc) is 2.69. The minimum atomic E-state index is -0.419. The Bertz CT molecular complexity index is 457. The first-order valence-electron chi connectivity index (χ1n) is 6.67. The van der Waals surface area contributed by atoms with Crippen molar-refractivity contribution >= 4 is 5.91 Å². The molecule has 1 amide bonds. The molecule has 6 nitrogen and oxygen atoms in total. The van der Waals surface area contributed by atoms with Crippen LogP contribution >= 0.6 is 0 Å². The summed E-state index contributed by atoms with van der Waals surface area (Å²) in [4.78, 5) is 15.9. The number of nitrogens with one attached hydrogen (secondary N) is 1. The smallest absolute Gasteiger partial charge is 0.246 e. The molecule has 0 unspecified atom stereocenters. The third kappa shape index (κ3) is 3.53. The predicted molar refractivity (Wildman–Crippen MR) is 69.9 cm³/mol. The zero-order valence-electron chi connectivity index (χ0n) is 11.8. The largest absolute Gasteiger partial charge is 0.347 e. The van der Waals surface area contributed by atoms with Gasteiger partial charge in [-0.2, -0.15) is 4.98 Å². The Morgan fingerprint density at radius 1 is 1.47 bits per heavy atom. The summed E-state index contributed by atoms with van der Waals surface area (Å²) in [5.74, 6) is 0.950. The second-order valence-corrected chi connectivity index (χ2v) is 6.54. The second kappa shape index (κ2) is 4.92. The van der Waals surface area contributed by atoms with Gasteiger partial charge in [-0.15, -0.1) is 0 Å². The molecule has 6 heteroatoms. The number of nitrogens with zero attached hydrogens (tertiary/aromatic N) is 2. The molecule has 3 N–H and O–H groups in total. The highest BCUT2D eigenvalue weighted by Crippen LogP contribution is 2.36. The van der Waals surface area contributed by atoms with E-state index in [1.54, 1.807) is 0 Å². The maximum atomic E-state index is 11.7. The Morgan fingerprint density at radius 3 is 2.68 bits per heavy atom. The quantitative estimate of drug-likeness (QED) is 0.860. The number of amides is 1. The minimum Gasteiger partial charge on any atom is -0.347 e. The van der Waals surface area contributed by atoms with Gasteiger partial charge in [0.25, 0.3) is 0 Å². The summed E-state index contributed by atoms with van der Waals surface area (Å²) in [6.45, 7) is 6.32. The van der Waals surface area contributed by atoms with Gasteiger partial charge >= 0.3 is 0 Å². The van der Waals surface area contributed by atoms with Crippen LogP contribution in [0, 0.1) is 5.41 Å². The van der Waals surface area contributed by atoms with Gasteiger partial charge in [0.2, 0.25) is 11.8 Å². The van der Waals surface area contributed by atoms with Crippen molar-refractivity contribution in [1.82, 2.24) is 15.5 Å². The molecule has 1 fully saturated rings. The molecule has 1 aromatic heterocycles. The molecule has 0 radical (unpaired) electrons. The van der Waals surface area contributed by atoms with Crippen molar-refractivity contribution in [3.8, 4) is 0 Å². The summed E-state index contributed by atoms with van der Waals surface area (Å²) in [5.41, 5.74) is 5.65. The van der Waals surface area contributed by atoms with Crippen molar-refractivity contribution in [3.63, 3.8) is 0 Å². The molecule has 1 heterocycles. The van der Waals surface area contributed by atoms with Gasteiger partial charge in [-0.05, 0) is 24.7 Å². The molecule has 1 saturated carbocycles. The molecule has 0 bridgehead atoms. The number of nitrogens with two attached hydrogens (primary N) is 1. The molecule has 0 saturated heterocycles. The fourth-order valence-corrected chi connectivity index (χ4v) is 2.03. The highest BCUT2D eigenvalue weighted by atomic mass is 16.5. The van der Waals surface area contributed by atoms with Crippen LogP contribution in [0.15, 0.2) is 4.52 Å². The summed E-state index contributed by atoms with van der Waals surface area (Å²) >= 11 is 0. The van der Waals surface area contributed by atoms with Crippen LogP contribution in [0.5, 0.6) is 0 Å². The maximum Gasteiger partial charge on any atom is 0.246 e. The van der Waals surface area contributed by atoms with Gasteiger partial charge in [-0.1, -0.05) is 25.9 Å². The maximum absolute atomic E-state index is 11.7. The molecule has 0 aromatic carbocycles. The van der Waals surface area contributed by atoms with Gasteiger partial charge < -0.3 is 15.6 Å². The van der Waals surface area contributed by atoms with E-state index in [0.717, 1.165) is 19.3 Å². The van der Waals surface area contributed by atoms with Crippen LogP contribution in [0.25, 0.3) is 0 Å². The zero-order valence-corrected chi connectivity index (χ0v) is 11.8. The van der Waals surface area contributed by atoms with Gasteiger partial charge in [0, 0.05) is 6.42 Å². The third-order valence-electron chi connectivity index (χ3n) is 3.29. The van der Waals surface area contributed by atoms with Gasteiger partial charge in [-0.25, -0.2) is 0 Å². The first-order valence-corrected chi connectivity index (χ1v) is 6.67. The molecule has 0 aliphatic heterocycles. The van der Waals surface area contributed by atoms with E-state index in [4.69, 9.17) is 10.3 Å². The summed E-state index contributed by atoms with van der Waals surface area (Å²) in [6.07, 6.45) is 3.35. The standard InChI is InChI=1S/C13H22N4O2/c1-12(2,3)7-9(18)15-8-10-16-11(17-19-10)13(14)5-4-6-13/h4-8,14H2,1-3H3,(H,15,18). The minimum absolute atomic E-state index is 0.0154. The summed E-state index contributed by atoms with van der Waals surface area (Å²) in [6, 6.07) is 0. The van der Waals surface area contributed by atoms with E-state index in [2.05, 4.69) is 15.5 Å². The van der Waals surface area contributed by atoms with E-state index >= 15 is 0 Å². The lowest BCUT2D eigenvalue weighted by Crippen LogP contribution is -2.44. The van der Waals surface area contributed by atoms with Crippen molar-refractivity contribution in [1.29, 1.82) is 0 Å². The van der Waals surface area contributed by atoms with E-state index in [9.17, 15) is 4.79 Å². The SMILES string of the molecule is CC(C)(C)CC(=O)NCc1nc(C2(N)CCC2)no1. The van der Waals surface area contributed by atoms with Gasteiger partial charge in [0.05, 0.1) is 12.1 Å². The van der Waals surface area contributed by atoms with Crippen LogP contribution in [0.1, 0.15) is 58.2 Å². The molecule has 0 atom stereocenters. The van der Waals surface area contributed by atoms with Crippen LogP contribution in [-0.4, -0.2) is 16.0 Å². The molecule has 0 spiro atoms. The topological polar surface area (TPSA) is 94.0 Å². The van der Waals surface area contributed by atoms with Crippen LogP contribution in [0.3, 0.4) is 0 Å². The number of rotatable bonds is 4. The molecule has 1 aliphatic rings. The molecule has 106 valence electrons. The molecular weight excluding hydrogens is 244 g/mol. The Hall–Kier alpha value is -1.43. The Morgan fingerprint density at radius 2 is 2.16 bits per heavy atom. The molecule has 1 aliphatic carbocycles. The number of carbonyl (C=O) groups excluding carboxylic acids is 1. The predicted octanol–water partition coefficient (Wildman–Crippen LogP) is 1.46. The number of aromatic nitrogens is 2. The second-order valence-electron chi connectivity index (χ2n) is 6.54. The lowest BCUT2D eigenvalue weighted by molar-refractivity contribution is -0.123. The van der Waals surface area contributed by atoms with Crippen LogP contribution in [-0.2, 0) is 16.9 Å². The van der Waals surface area contributed by atoms with Crippen molar-refractivity contribution < 1.29 is 9.32 Å². The Balaban J connectivity index is 1.85. The molecule has 2 rings (SSSR count). The van der Waals surface area contributed by atoms with Crippen molar-refractivity contribution in [3.05, 3.63) is 11.7 Å². The van der Waals surface area contributed by atoms with Gasteiger partial charge in [0.1, 0.15) is 0 Å². The molecular formula is C13H22N4O2. The third-order valence-corrected chi connectivity index (χ3v) is 3.29. The zero-order chi connectivity index (χ0) is 14.1. The molecule has 19 heavy (non-hydrogen) atoms. The van der Waals surface area contributed by atoms with Crippen LogP contribution < -0.4 is 11.1 Å². The first kappa shape index (κ1) is 14.0. The number of carbonyl (C=O) groups is 1. The Labute approximate surface area is 113 Å². The lowest BCUT2D eigenvalue weighted by atomic mass is 9.77. The normalized spacial score (nSPS) is 17.9. The highest BCUT2D eigenvalue weighted by Gasteiger charge is 2.38. The van der Waals surface area contributed by atoms with Crippen molar-refractivity contribution in [2.75, 3.05) is 0 Å². The number of hydrogen-bond donors (Lipinski definition) is 2. The number of hydrogen-bond acceptors (Lipinski definition) is 5. The van der Waals surface area contributed by atoms with Crippen LogP contribution in [0.4, 0.5) is 0 Å². The monoisotopic (exact) mass is 266 g/mol. The van der Waals surface area contributed by atoms with E-state index in [1.807, 2.05) is 20.8 Å². The van der Waals surface area contributed by atoms with Gasteiger partial charge in [0.15, 0.2) is 5.82 Å². The Kier molecular flexibility index (Phi) is 3.62.